The van der Waals surface area contributed by atoms with Crippen molar-refractivity contribution in [3.05, 3.63) is 24.7 Å². The largest absolute Gasteiger partial charge is 0.473 e. The van der Waals surface area contributed by atoms with E-state index in [4.69, 9.17) is 4.74 Å². The third kappa shape index (κ3) is 1.63. The number of hydrogen-bond donors (Lipinski definition) is 0. The first-order valence-corrected chi connectivity index (χ1v) is 3.83. The van der Waals surface area contributed by atoms with Crippen LogP contribution in [0.3, 0.4) is 0 Å². The lowest BCUT2D eigenvalue weighted by Gasteiger charge is -2.16. The fourth-order valence-corrected chi connectivity index (χ4v) is 1.03. The highest BCUT2D eigenvalue weighted by molar-refractivity contribution is 5.02. The van der Waals surface area contributed by atoms with Crippen LogP contribution < -0.4 is 0 Å². The zero-order valence-electron chi connectivity index (χ0n) is 6.58. The van der Waals surface area contributed by atoms with Gasteiger partial charge in [0.1, 0.15) is 0 Å². The normalized spacial score (nSPS) is 20.6. The summed E-state index contributed by atoms with van der Waals surface area (Å²) in [5.41, 5.74) is 0. The lowest BCUT2D eigenvalue weighted by Crippen LogP contribution is -2.06. The minimum absolute atomic E-state index is 0.582. The lowest BCUT2D eigenvalue weighted by atomic mass is 9.91. The molecule has 1 rings (SSSR count). The Morgan fingerprint density at radius 1 is 1.40 bits per heavy atom. The summed E-state index contributed by atoms with van der Waals surface area (Å²) in [5.74, 6) is 1.31. The van der Waals surface area contributed by atoms with E-state index in [0.29, 0.717) is 5.92 Å². The van der Waals surface area contributed by atoms with Crippen molar-refractivity contribution in [3.63, 3.8) is 0 Å². The van der Waals surface area contributed by atoms with Crippen LogP contribution in [-0.2, 0) is 4.74 Å². The molecule has 1 heteroatoms. The molecule has 1 aliphatic heterocycles. The Hall–Kier alpha value is -0.720. The first kappa shape index (κ1) is 7.39. The molecule has 0 saturated heterocycles. The van der Waals surface area contributed by atoms with E-state index < -0.39 is 0 Å². The van der Waals surface area contributed by atoms with Gasteiger partial charge < -0.3 is 4.74 Å². The van der Waals surface area contributed by atoms with Crippen LogP contribution in [0.2, 0.25) is 0 Å². The average Bonchev–Trinajstić information content (AvgIpc) is 2.05. The van der Waals surface area contributed by atoms with Crippen molar-refractivity contribution in [1.29, 1.82) is 0 Å². The van der Waals surface area contributed by atoms with Crippen LogP contribution >= 0.6 is 0 Å². The van der Waals surface area contributed by atoms with Gasteiger partial charge in [-0.2, -0.15) is 0 Å². The van der Waals surface area contributed by atoms with Gasteiger partial charge in [-0.05, 0) is 18.1 Å². The van der Waals surface area contributed by atoms with Gasteiger partial charge in [-0.3, -0.25) is 0 Å². The van der Waals surface area contributed by atoms with Crippen LogP contribution in [-0.4, -0.2) is 0 Å². The zero-order chi connectivity index (χ0) is 7.40. The van der Waals surface area contributed by atoms with E-state index in [9.17, 15) is 0 Å². The maximum absolute atomic E-state index is 4.93. The lowest BCUT2D eigenvalue weighted by molar-refractivity contribution is 0.362. The van der Waals surface area contributed by atoms with Crippen molar-refractivity contribution in [2.24, 2.45) is 11.8 Å². The van der Waals surface area contributed by atoms with Crippen LogP contribution in [0.1, 0.15) is 20.3 Å². The Morgan fingerprint density at radius 2 is 2.00 bits per heavy atom. The zero-order valence-corrected chi connectivity index (χ0v) is 6.58. The highest BCUT2D eigenvalue weighted by atomic mass is 16.5. The van der Waals surface area contributed by atoms with Crippen LogP contribution in [0.25, 0.3) is 0 Å². The molecule has 0 bridgehead atoms. The summed E-state index contributed by atoms with van der Waals surface area (Å²) in [4.78, 5) is 0. The first-order chi connectivity index (χ1) is 4.84. The second-order valence-electron chi connectivity index (χ2n) is 2.76. The molecule has 56 valence electrons. The summed E-state index contributed by atoms with van der Waals surface area (Å²) in [7, 11) is 0. The van der Waals surface area contributed by atoms with Crippen molar-refractivity contribution in [2.45, 2.75) is 20.3 Å². The van der Waals surface area contributed by atoms with Crippen molar-refractivity contribution in [3.8, 4) is 0 Å². The fourth-order valence-electron chi connectivity index (χ4n) is 1.03. The molecule has 1 aliphatic rings. The number of rotatable bonds is 2. The molecule has 1 unspecified atom stereocenters. The predicted octanol–water partition coefficient (Wildman–Crippen LogP) is 2.71. The molecule has 0 N–H and O–H groups in total. The Bertz CT molecular complexity index is 135. The Balaban J connectivity index is 2.46. The second-order valence-corrected chi connectivity index (χ2v) is 2.76. The molecule has 0 radical (unpaired) electrons. The minimum Gasteiger partial charge on any atom is -0.473 e. The van der Waals surface area contributed by atoms with Gasteiger partial charge >= 0.3 is 0 Å². The number of hydrogen-bond acceptors (Lipinski definition) is 1. The average molecular weight is 138 g/mol. The van der Waals surface area contributed by atoms with Gasteiger partial charge in [0.25, 0.3) is 0 Å². The molecule has 0 aliphatic carbocycles. The van der Waals surface area contributed by atoms with Crippen molar-refractivity contribution in [1.82, 2.24) is 0 Å². The summed E-state index contributed by atoms with van der Waals surface area (Å²) < 4.78 is 4.93. The molecule has 0 amide bonds. The standard InChI is InChI=1S/C9H14O/c1-3-8(2)9-4-6-10-7-5-9/h4-9H,3H2,1-2H3. The quantitative estimate of drug-likeness (QED) is 0.570. The number of ether oxygens (including phenoxy) is 1. The smallest absolute Gasteiger partial charge is 0.0867 e. The van der Waals surface area contributed by atoms with Crippen molar-refractivity contribution in [2.75, 3.05) is 0 Å². The molecule has 0 aromatic rings. The van der Waals surface area contributed by atoms with Gasteiger partial charge in [0.15, 0.2) is 0 Å². The monoisotopic (exact) mass is 138 g/mol. The van der Waals surface area contributed by atoms with Gasteiger partial charge in [-0.1, -0.05) is 20.3 Å². The van der Waals surface area contributed by atoms with E-state index in [1.54, 1.807) is 12.5 Å². The molecule has 0 aromatic carbocycles. The van der Waals surface area contributed by atoms with E-state index in [0.717, 1.165) is 5.92 Å². The van der Waals surface area contributed by atoms with Crippen molar-refractivity contribution < 1.29 is 4.74 Å². The highest BCUT2D eigenvalue weighted by Gasteiger charge is 2.10. The van der Waals surface area contributed by atoms with E-state index in [-0.39, 0.29) is 0 Å². The molecule has 0 aromatic heterocycles. The minimum atomic E-state index is 0.582. The van der Waals surface area contributed by atoms with Crippen LogP contribution in [0, 0.1) is 11.8 Å². The van der Waals surface area contributed by atoms with Crippen LogP contribution in [0.4, 0.5) is 0 Å². The van der Waals surface area contributed by atoms with Gasteiger partial charge in [-0.15, -0.1) is 0 Å². The van der Waals surface area contributed by atoms with E-state index >= 15 is 0 Å². The molecule has 0 saturated carbocycles. The van der Waals surface area contributed by atoms with Gasteiger partial charge in [-0.25, -0.2) is 0 Å². The van der Waals surface area contributed by atoms with Gasteiger partial charge in [0.2, 0.25) is 0 Å². The van der Waals surface area contributed by atoms with E-state index in [2.05, 4.69) is 26.0 Å². The summed E-state index contributed by atoms with van der Waals surface area (Å²) >= 11 is 0. The molecule has 1 atom stereocenters. The topological polar surface area (TPSA) is 9.23 Å². The molecule has 0 fully saturated rings. The maximum atomic E-state index is 4.93. The molecular formula is C9H14O. The summed E-state index contributed by atoms with van der Waals surface area (Å²) in [6.45, 7) is 4.46. The third-order valence-corrected chi connectivity index (χ3v) is 2.06. The predicted molar refractivity (Wildman–Crippen MR) is 42.3 cm³/mol. The molecular weight excluding hydrogens is 124 g/mol. The summed E-state index contributed by atoms with van der Waals surface area (Å²) in [6.07, 6.45) is 8.95. The van der Waals surface area contributed by atoms with Crippen LogP contribution in [0.15, 0.2) is 24.7 Å². The van der Waals surface area contributed by atoms with Gasteiger partial charge in [0, 0.05) is 5.92 Å². The van der Waals surface area contributed by atoms with E-state index in [1.807, 2.05) is 0 Å². The summed E-state index contributed by atoms with van der Waals surface area (Å²) in [6, 6.07) is 0. The molecule has 0 spiro atoms. The summed E-state index contributed by atoms with van der Waals surface area (Å²) in [5, 5.41) is 0. The molecule has 1 heterocycles. The van der Waals surface area contributed by atoms with Gasteiger partial charge in [0.05, 0.1) is 12.5 Å². The highest BCUT2D eigenvalue weighted by Crippen LogP contribution is 2.20. The van der Waals surface area contributed by atoms with Crippen molar-refractivity contribution >= 4 is 0 Å². The fraction of sp³-hybridized carbons (Fsp3) is 0.556. The number of allylic oxidation sites excluding steroid dienone is 2. The second kappa shape index (κ2) is 3.45. The van der Waals surface area contributed by atoms with E-state index in [1.165, 1.54) is 6.42 Å². The maximum Gasteiger partial charge on any atom is 0.0867 e. The Morgan fingerprint density at radius 3 is 2.50 bits per heavy atom. The third-order valence-electron chi connectivity index (χ3n) is 2.06. The van der Waals surface area contributed by atoms with Crippen LogP contribution in [0.5, 0.6) is 0 Å². The first-order valence-electron chi connectivity index (χ1n) is 3.83. The molecule has 10 heavy (non-hydrogen) atoms. The molecule has 1 nitrogen and oxygen atoms in total. The SMILES string of the molecule is CCC(C)C1C=COC=C1. The Labute approximate surface area is 62.4 Å². The Kier molecular flexibility index (Phi) is 2.55.